The number of likely N-dealkylation sites (tertiary alicyclic amines) is 1. The van der Waals surface area contributed by atoms with Crippen molar-refractivity contribution in [2.45, 2.75) is 57.8 Å². The molecule has 0 aromatic carbocycles. The van der Waals surface area contributed by atoms with E-state index >= 15 is 0 Å². The number of ether oxygens (including phenoxy) is 1. The van der Waals surface area contributed by atoms with Gasteiger partial charge in [-0.3, -0.25) is 9.59 Å². The van der Waals surface area contributed by atoms with E-state index in [1.807, 2.05) is 18.7 Å². The summed E-state index contributed by atoms with van der Waals surface area (Å²) in [5, 5.41) is 2.73. The molecule has 2 amide bonds. The molecule has 0 aliphatic carbocycles. The van der Waals surface area contributed by atoms with Crippen molar-refractivity contribution in [3.8, 4) is 0 Å². The summed E-state index contributed by atoms with van der Waals surface area (Å²) in [4.78, 5) is 25.1. The van der Waals surface area contributed by atoms with Crippen LogP contribution in [-0.4, -0.2) is 48.1 Å². The molecule has 0 bridgehead atoms. The Hall–Kier alpha value is -1.10. The van der Waals surface area contributed by atoms with E-state index in [0.29, 0.717) is 12.8 Å². The van der Waals surface area contributed by atoms with Crippen LogP contribution in [0.3, 0.4) is 0 Å². The summed E-state index contributed by atoms with van der Waals surface area (Å²) in [6, 6.07) is -0.292. The van der Waals surface area contributed by atoms with Gasteiger partial charge in [-0.2, -0.15) is 0 Å². The molecule has 5 nitrogen and oxygen atoms in total. The highest BCUT2D eigenvalue weighted by atomic mass is 16.5. The summed E-state index contributed by atoms with van der Waals surface area (Å²) in [7, 11) is 0. The van der Waals surface area contributed by atoms with Crippen molar-refractivity contribution in [2.75, 3.05) is 13.1 Å². The second-order valence-electron chi connectivity index (χ2n) is 5.37. The zero-order valence-electron chi connectivity index (χ0n) is 11.1. The van der Waals surface area contributed by atoms with E-state index in [4.69, 9.17) is 4.74 Å². The van der Waals surface area contributed by atoms with Gasteiger partial charge in [0.2, 0.25) is 11.8 Å². The quantitative estimate of drug-likeness (QED) is 0.806. The number of carbonyl (C=O) groups excluding carboxylic acids is 2. The molecule has 2 fully saturated rings. The summed E-state index contributed by atoms with van der Waals surface area (Å²) in [6.45, 7) is 5.54. The molecule has 2 aliphatic rings. The molecule has 2 rings (SSSR count). The molecular weight excluding hydrogens is 232 g/mol. The number of hydrogen-bond donors (Lipinski definition) is 1. The topological polar surface area (TPSA) is 58.6 Å². The van der Waals surface area contributed by atoms with Gasteiger partial charge in [0.15, 0.2) is 0 Å². The number of hydrogen-bond acceptors (Lipinski definition) is 3. The van der Waals surface area contributed by atoms with Crippen molar-refractivity contribution in [3.63, 3.8) is 0 Å². The zero-order chi connectivity index (χ0) is 13.1. The fraction of sp³-hybridized carbons (Fsp3) is 0.846. The number of piperidine rings is 1. The van der Waals surface area contributed by atoms with E-state index in [1.54, 1.807) is 0 Å². The number of nitrogens with one attached hydrogen (secondary N) is 1. The van der Waals surface area contributed by atoms with Crippen LogP contribution in [0.15, 0.2) is 0 Å². The fourth-order valence-electron chi connectivity index (χ4n) is 2.62. The molecule has 2 heterocycles. The van der Waals surface area contributed by atoms with Crippen LogP contribution in [0.5, 0.6) is 0 Å². The Morgan fingerprint density at radius 1 is 1.33 bits per heavy atom. The first-order valence-corrected chi connectivity index (χ1v) is 6.80. The van der Waals surface area contributed by atoms with Crippen LogP contribution in [0.2, 0.25) is 0 Å². The highest BCUT2D eigenvalue weighted by Crippen LogP contribution is 2.18. The molecule has 18 heavy (non-hydrogen) atoms. The predicted molar refractivity (Wildman–Crippen MR) is 67.0 cm³/mol. The van der Waals surface area contributed by atoms with Gasteiger partial charge in [-0.25, -0.2) is 0 Å². The predicted octanol–water partition coefficient (Wildman–Crippen LogP) is 0.681. The van der Waals surface area contributed by atoms with Gasteiger partial charge in [0.1, 0.15) is 6.04 Å². The van der Waals surface area contributed by atoms with Crippen LogP contribution in [0.25, 0.3) is 0 Å². The average Bonchev–Trinajstić information content (AvgIpc) is 2.75. The molecule has 2 aliphatic heterocycles. The first kappa shape index (κ1) is 13.3. The molecular formula is C13H22N2O3. The maximum Gasteiger partial charge on any atom is 0.245 e. The molecule has 2 saturated heterocycles. The summed E-state index contributed by atoms with van der Waals surface area (Å²) in [6.07, 6.45) is 3.41. The minimum Gasteiger partial charge on any atom is -0.375 e. The summed E-state index contributed by atoms with van der Waals surface area (Å²) in [5.74, 6) is 0.0650. The third-order valence-electron chi connectivity index (χ3n) is 3.51. The van der Waals surface area contributed by atoms with E-state index in [9.17, 15) is 9.59 Å². The largest absolute Gasteiger partial charge is 0.375 e. The molecule has 0 radical (unpaired) electrons. The van der Waals surface area contributed by atoms with Crippen LogP contribution < -0.4 is 5.32 Å². The molecule has 1 N–H and O–H groups in total. The van der Waals surface area contributed by atoms with Gasteiger partial charge in [0.05, 0.1) is 12.2 Å². The number of carbonyl (C=O) groups is 2. The van der Waals surface area contributed by atoms with E-state index < -0.39 is 0 Å². The Morgan fingerprint density at radius 2 is 2.00 bits per heavy atom. The minimum absolute atomic E-state index is 0.00798. The van der Waals surface area contributed by atoms with Crippen LogP contribution in [0, 0.1) is 0 Å². The first-order valence-electron chi connectivity index (χ1n) is 6.80. The van der Waals surface area contributed by atoms with Gasteiger partial charge in [0, 0.05) is 19.5 Å². The van der Waals surface area contributed by atoms with Crippen molar-refractivity contribution in [3.05, 3.63) is 0 Å². The summed E-state index contributed by atoms with van der Waals surface area (Å²) < 4.78 is 5.75. The van der Waals surface area contributed by atoms with Gasteiger partial charge < -0.3 is 15.0 Å². The molecule has 0 saturated carbocycles. The standard InChI is InChI=1S/C13H22N2O3/c1-9(2)18-10-5-7-15(8-6-10)13(17)11-3-4-12(16)14-11/h9-11H,3-8H2,1-2H3,(H,14,16). The molecule has 1 unspecified atom stereocenters. The number of nitrogens with zero attached hydrogens (tertiary/aromatic N) is 1. The van der Waals surface area contributed by atoms with Crippen LogP contribution in [0.1, 0.15) is 39.5 Å². The third-order valence-corrected chi connectivity index (χ3v) is 3.51. The van der Waals surface area contributed by atoms with E-state index in [0.717, 1.165) is 25.9 Å². The maximum atomic E-state index is 12.1. The lowest BCUT2D eigenvalue weighted by Gasteiger charge is -2.34. The van der Waals surface area contributed by atoms with Gasteiger partial charge in [-0.1, -0.05) is 0 Å². The minimum atomic E-state index is -0.292. The molecule has 0 aromatic rings. The van der Waals surface area contributed by atoms with Gasteiger partial charge in [-0.15, -0.1) is 0 Å². The highest BCUT2D eigenvalue weighted by Gasteiger charge is 2.32. The molecule has 5 heteroatoms. The lowest BCUT2D eigenvalue weighted by Crippen LogP contribution is -2.48. The Labute approximate surface area is 108 Å². The van der Waals surface area contributed by atoms with Gasteiger partial charge in [-0.05, 0) is 33.1 Å². The number of rotatable bonds is 3. The summed E-state index contributed by atoms with van der Waals surface area (Å²) >= 11 is 0. The first-order chi connectivity index (χ1) is 8.56. The Bertz CT molecular complexity index is 322. The van der Waals surface area contributed by atoms with Crippen LogP contribution in [0.4, 0.5) is 0 Å². The fourth-order valence-corrected chi connectivity index (χ4v) is 2.62. The van der Waals surface area contributed by atoms with E-state index in [-0.39, 0.29) is 30.1 Å². The molecule has 102 valence electrons. The van der Waals surface area contributed by atoms with Crippen LogP contribution in [-0.2, 0) is 14.3 Å². The van der Waals surface area contributed by atoms with Crippen molar-refractivity contribution < 1.29 is 14.3 Å². The normalized spacial score (nSPS) is 25.6. The summed E-state index contributed by atoms with van der Waals surface area (Å²) in [5.41, 5.74) is 0. The highest BCUT2D eigenvalue weighted by molar-refractivity contribution is 5.90. The van der Waals surface area contributed by atoms with Crippen LogP contribution >= 0.6 is 0 Å². The SMILES string of the molecule is CC(C)OC1CCN(C(=O)C2CCC(=O)N2)CC1. The van der Waals surface area contributed by atoms with E-state index in [1.165, 1.54) is 0 Å². The lowest BCUT2D eigenvalue weighted by atomic mass is 10.1. The van der Waals surface area contributed by atoms with Crippen molar-refractivity contribution >= 4 is 11.8 Å². The monoisotopic (exact) mass is 254 g/mol. The van der Waals surface area contributed by atoms with Crippen molar-refractivity contribution in [2.24, 2.45) is 0 Å². The zero-order valence-corrected chi connectivity index (χ0v) is 11.1. The molecule has 0 spiro atoms. The van der Waals surface area contributed by atoms with Crippen molar-refractivity contribution in [1.29, 1.82) is 0 Å². The molecule has 1 atom stereocenters. The Balaban J connectivity index is 1.79. The average molecular weight is 254 g/mol. The molecule has 0 aromatic heterocycles. The lowest BCUT2D eigenvalue weighted by molar-refractivity contribution is -0.137. The second-order valence-corrected chi connectivity index (χ2v) is 5.37. The van der Waals surface area contributed by atoms with E-state index in [2.05, 4.69) is 5.32 Å². The smallest absolute Gasteiger partial charge is 0.245 e. The Kier molecular flexibility index (Phi) is 4.22. The third kappa shape index (κ3) is 3.22. The maximum absolute atomic E-state index is 12.1. The van der Waals surface area contributed by atoms with Gasteiger partial charge >= 0.3 is 0 Å². The van der Waals surface area contributed by atoms with Gasteiger partial charge in [0.25, 0.3) is 0 Å². The second kappa shape index (κ2) is 5.69. The Morgan fingerprint density at radius 3 is 2.50 bits per heavy atom. The van der Waals surface area contributed by atoms with Crippen molar-refractivity contribution in [1.82, 2.24) is 10.2 Å². The number of amides is 2.